The first-order valence-electron chi connectivity index (χ1n) is 10.1. The maximum absolute atomic E-state index is 14.0. The molecular weight excluding hydrogens is 393 g/mol. The first-order valence-corrected chi connectivity index (χ1v) is 11.5. The predicted molar refractivity (Wildman–Crippen MR) is 110 cm³/mol. The smallest absolute Gasteiger partial charge is 0.246 e. The third kappa shape index (κ3) is 4.06. The summed E-state index contributed by atoms with van der Waals surface area (Å²) in [5.41, 5.74) is 0. The SMILES string of the molecule is CC1CCCCN1c1ccc(N2CCN(S(=O)(=O)c3ccccc3F)CC2)nn1. The van der Waals surface area contributed by atoms with Gasteiger partial charge in [-0.05, 0) is 50.5 Å². The number of aromatic nitrogens is 2. The molecule has 7 nitrogen and oxygen atoms in total. The van der Waals surface area contributed by atoms with E-state index in [1.807, 2.05) is 17.0 Å². The molecule has 0 spiro atoms. The molecule has 2 aromatic rings. The lowest BCUT2D eigenvalue weighted by atomic mass is 10.0. The molecule has 156 valence electrons. The predicted octanol–water partition coefficient (Wildman–Crippen LogP) is 2.51. The second kappa shape index (κ2) is 8.23. The normalized spacial score (nSPS) is 21.4. The molecule has 29 heavy (non-hydrogen) atoms. The van der Waals surface area contributed by atoms with Crippen LogP contribution in [0.25, 0.3) is 0 Å². The van der Waals surface area contributed by atoms with E-state index in [0.717, 1.165) is 18.2 Å². The number of halogens is 1. The van der Waals surface area contributed by atoms with Gasteiger partial charge in [0.05, 0.1) is 0 Å². The highest BCUT2D eigenvalue weighted by molar-refractivity contribution is 7.89. The average Bonchev–Trinajstić information content (AvgIpc) is 2.74. The summed E-state index contributed by atoms with van der Waals surface area (Å²) in [7, 11) is -3.84. The molecule has 0 saturated carbocycles. The summed E-state index contributed by atoms with van der Waals surface area (Å²) in [6.45, 7) is 4.75. The zero-order valence-corrected chi connectivity index (χ0v) is 17.4. The Balaban J connectivity index is 1.41. The zero-order valence-electron chi connectivity index (χ0n) is 16.5. The van der Waals surface area contributed by atoms with Crippen LogP contribution in [0, 0.1) is 5.82 Å². The van der Waals surface area contributed by atoms with E-state index < -0.39 is 15.8 Å². The van der Waals surface area contributed by atoms with E-state index >= 15 is 0 Å². The lowest BCUT2D eigenvalue weighted by molar-refractivity contribution is 0.381. The van der Waals surface area contributed by atoms with Gasteiger partial charge < -0.3 is 9.80 Å². The molecule has 2 fully saturated rings. The summed E-state index contributed by atoms with van der Waals surface area (Å²) in [6, 6.07) is 9.91. The van der Waals surface area contributed by atoms with Crippen molar-refractivity contribution in [3.8, 4) is 0 Å². The van der Waals surface area contributed by atoms with Crippen molar-refractivity contribution >= 4 is 21.7 Å². The summed E-state index contributed by atoms with van der Waals surface area (Å²) in [4.78, 5) is 4.04. The van der Waals surface area contributed by atoms with Gasteiger partial charge in [0.1, 0.15) is 10.7 Å². The molecule has 0 aliphatic carbocycles. The van der Waals surface area contributed by atoms with Crippen LogP contribution in [0.5, 0.6) is 0 Å². The third-order valence-corrected chi connectivity index (χ3v) is 7.68. The molecule has 1 atom stereocenters. The van der Waals surface area contributed by atoms with Crippen LogP contribution in [0.3, 0.4) is 0 Å². The van der Waals surface area contributed by atoms with E-state index in [1.165, 1.54) is 47.8 Å². The Hall–Kier alpha value is -2.26. The van der Waals surface area contributed by atoms with Crippen LogP contribution in [0.4, 0.5) is 16.0 Å². The number of hydrogen-bond donors (Lipinski definition) is 0. The van der Waals surface area contributed by atoms with Crippen LogP contribution in [0.15, 0.2) is 41.3 Å². The van der Waals surface area contributed by atoms with Crippen LogP contribution >= 0.6 is 0 Å². The lowest BCUT2D eigenvalue weighted by Gasteiger charge is -2.35. The Morgan fingerprint density at radius 3 is 2.28 bits per heavy atom. The fourth-order valence-electron chi connectivity index (χ4n) is 4.03. The molecule has 1 aromatic carbocycles. The molecule has 0 N–H and O–H groups in total. The lowest BCUT2D eigenvalue weighted by Crippen LogP contribution is -2.49. The van der Waals surface area contributed by atoms with Crippen LogP contribution in [0.1, 0.15) is 26.2 Å². The first kappa shape index (κ1) is 20.0. The van der Waals surface area contributed by atoms with Gasteiger partial charge in [0, 0.05) is 38.8 Å². The molecule has 1 aromatic heterocycles. The third-order valence-electron chi connectivity index (χ3n) is 5.75. The molecule has 4 rings (SSSR count). The Morgan fingerprint density at radius 2 is 1.62 bits per heavy atom. The van der Waals surface area contributed by atoms with Crippen molar-refractivity contribution in [1.82, 2.24) is 14.5 Å². The van der Waals surface area contributed by atoms with Crippen LogP contribution in [-0.2, 0) is 10.0 Å². The van der Waals surface area contributed by atoms with Gasteiger partial charge in [0.15, 0.2) is 11.6 Å². The largest absolute Gasteiger partial charge is 0.352 e. The number of benzene rings is 1. The van der Waals surface area contributed by atoms with Gasteiger partial charge in [0.2, 0.25) is 10.0 Å². The maximum atomic E-state index is 14.0. The molecule has 2 aliphatic rings. The molecule has 2 saturated heterocycles. The Kier molecular flexibility index (Phi) is 5.69. The monoisotopic (exact) mass is 419 g/mol. The van der Waals surface area contributed by atoms with Gasteiger partial charge in [-0.25, -0.2) is 12.8 Å². The summed E-state index contributed by atoms with van der Waals surface area (Å²) in [6.07, 6.45) is 3.59. The van der Waals surface area contributed by atoms with Crippen molar-refractivity contribution in [2.45, 2.75) is 37.1 Å². The minimum absolute atomic E-state index is 0.270. The molecule has 0 radical (unpaired) electrons. The fraction of sp³-hybridized carbons (Fsp3) is 0.500. The molecule has 9 heteroatoms. The molecular formula is C20H26FN5O2S. The minimum atomic E-state index is -3.84. The van der Waals surface area contributed by atoms with Crippen molar-refractivity contribution in [3.63, 3.8) is 0 Å². The molecule has 2 aliphatic heterocycles. The molecule has 0 bridgehead atoms. The fourth-order valence-corrected chi connectivity index (χ4v) is 5.52. The standard InChI is InChI=1S/C20H26FN5O2S/c1-16-6-4-5-11-26(16)20-10-9-19(22-23-20)24-12-14-25(15-13-24)29(27,28)18-8-3-2-7-17(18)21/h2-3,7-10,16H,4-6,11-15H2,1H3. The Morgan fingerprint density at radius 1 is 0.931 bits per heavy atom. The maximum Gasteiger partial charge on any atom is 0.246 e. The van der Waals surface area contributed by atoms with Crippen molar-refractivity contribution in [2.24, 2.45) is 0 Å². The van der Waals surface area contributed by atoms with E-state index in [2.05, 4.69) is 22.0 Å². The van der Waals surface area contributed by atoms with Gasteiger partial charge in [-0.2, -0.15) is 4.31 Å². The summed E-state index contributed by atoms with van der Waals surface area (Å²) >= 11 is 0. The molecule has 3 heterocycles. The van der Waals surface area contributed by atoms with Crippen LogP contribution < -0.4 is 9.80 Å². The Bertz CT molecular complexity index is 946. The van der Waals surface area contributed by atoms with Crippen molar-refractivity contribution in [3.05, 3.63) is 42.2 Å². The second-order valence-corrected chi connectivity index (χ2v) is 9.52. The van der Waals surface area contributed by atoms with Crippen molar-refractivity contribution < 1.29 is 12.8 Å². The highest BCUT2D eigenvalue weighted by Gasteiger charge is 2.31. The van der Waals surface area contributed by atoms with Gasteiger partial charge in [0.25, 0.3) is 0 Å². The molecule has 0 amide bonds. The van der Waals surface area contributed by atoms with Crippen molar-refractivity contribution in [1.29, 1.82) is 0 Å². The number of piperidine rings is 1. The van der Waals surface area contributed by atoms with Gasteiger partial charge in [-0.15, -0.1) is 10.2 Å². The van der Waals surface area contributed by atoms with Crippen LogP contribution in [-0.4, -0.2) is 61.7 Å². The topological polar surface area (TPSA) is 69.6 Å². The number of rotatable bonds is 4. The van der Waals surface area contributed by atoms with E-state index in [4.69, 9.17) is 0 Å². The zero-order chi connectivity index (χ0) is 20.4. The average molecular weight is 420 g/mol. The van der Waals surface area contributed by atoms with E-state index in [9.17, 15) is 12.8 Å². The van der Waals surface area contributed by atoms with E-state index in [1.54, 1.807) is 0 Å². The van der Waals surface area contributed by atoms with Gasteiger partial charge in [-0.3, -0.25) is 0 Å². The first-order chi connectivity index (χ1) is 14.0. The minimum Gasteiger partial charge on any atom is -0.352 e. The van der Waals surface area contributed by atoms with Gasteiger partial charge >= 0.3 is 0 Å². The summed E-state index contributed by atoms with van der Waals surface area (Å²) in [5, 5.41) is 8.79. The van der Waals surface area contributed by atoms with Gasteiger partial charge in [-0.1, -0.05) is 12.1 Å². The number of anilines is 2. The van der Waals surface area contributed by atoms with E-state index in [-0.39, 0.29) is 18.0 Å². The van der Waals surface area contributed by atoms with E-state index in [0.29, 0.717) is 19.1 Å². The quantitative estimate of drug-likeness (QED) is 0.759. The highest BCUT2D eigenvalue weighted by atomic mass is 32.2. The number of sulfonamides is 1. The van der Waals surface area contributed by atoms with Crippen molar-refractivity contribution in [2.75, 3.05) is 42.5 Å². The number of piperazine rings is 1. The number of nitrogens with zero attached hydrogens (tertiary/aromatic N) is 5. The summed E-state index contributed by atoms with van der Waals surface area (Å²) in [5.74, 6) is 0.909. The number of hydrogen-bond acceptors (Lipinski definition) is 6. The highest BCUT2D eigenvalue weighted by Crippen LogP contribution is 2.25. The second-order valence-electron chi connectivity index (χ2n) is 7.61. The van der Waals surface area contributed by atoms with Crippen LogP contribution in [0.2, 0.25) is 0 Å². The Labute approximate surface area is 171 Å². The molecule has 1 unspecified atom stereocenters. The summed E-state index contributed by atoms with van der Waals surface area (Å²) < 4.78 is 40.8.